The van der Waals surface area contributed by atoms with Crippen molar-refractivity contribution in [3.8, 4) is 0 Å². The number of aromatic nitrogens is 2. The van der Waals surface area contributed by atoms with Crippen molar-refractivity contribution in [1.82, 2.24) is 20.2 Å². The first-order valence-electron chi connectivity index (χ1n) is 12.6. The van der Waals surface area contributed by atoms with Crippen molar-refractivity contribution >= 4 is 35.1 Å². The third-order valence-electron chi connectivity index (χ3n) is 6.56. The molecule has 2 aliphatic rings. The summed E-state index contributed by atoms with van der Waals surface area (Å²) in [5, 5.41) is 9.50. The number of rotatable bonds is 6. The molecule has 1 unspecified atom stereocenters. The molecule has 198 valence electrons. The largest absolute Gasteiger partial charge is 0.465 e. The van der Waals surface area contributed by atoms with Crippen LogP contribution in [0, 0.1) is 0 Å². The molecule has 11 nitrogen and oxygen atoms in total. The molecule has 38 heavy (non-hydrogen) atoms. The van der Waals surface area contributed by atoms with Crippen LogP contribution in [0.1, 0.15) is 22.0 Å². The Labute approximate surface area is 221 Å². The van der Waals surface area contributed by atoms with Gasteiger partial charge in [-0.25, -0.2) is 14.6 Å². The maximum Gasteiger partial charge on any atom is 0.337 e. The zero-order valence-corrected chi connectivity index (χ0v) is 21.2. The Morgan fingerprint density at radius 3 is 2.42 bits per heavy atom. The number of methoxy groups -OCH3 is 1. The van der Waals surface area contributed by atoms with Crippen LogP contribution in [0.5, 0.6) is 0 Å². The second-order valence-electron chi connectivity index (χ2n) is 9.02. The van der Waals surface area contributed by atoms with E-state index in [-0.39, 0.29) is 12.1 Å². The Morgan fingerprint density at radius 1 is 1.00 bits per heavy atom. The SMILES string of the molecule is COC(=O)c1ccc(NC(=O)N2CCN(c3ccnc(Nc4ccc(C5CNCCO5)cc4)n3)CC2)cc1. The number of anilines is 4. The van der Waals surface area contributed by atoms with E-state index in [9.17, 15) is 9.59 Å². The molecule has 0 bridgehead atoms. The molecular weight excluding hydrogens is 486 g/mol. The van der Waals surface area contributed by atoms with Gasteiger partial charge in [-0.2, -0.15) is 4.98 Å². The Kier molecular flexibility index (Phi) is 7.95. The van der Waals surface area contributed by atoms with Crippen LogP contribution in [-0.4, -0.2) is 79.9 Å². The summed E-state index contributed by atoms with van der Waals surface area (Å²) in [6.07, 6.45) is 1.81. The molecule has 0 saturated carbocycles. The number of carbonyl (C=O) groups excluding carboxylic acids is 2. The average Bonchev–Trinajstić information content (AvgIpc) is 2.98. The van der Waals surface area contributed by atoms with E-state index in [1.165, 1.54) is 7.11 Å². The molecule has 1 atom stereocenters. The highest BCUT2D eigenvalue weighted by atomic mass is 16.5. The van der Waals surface area contributed by atoms with Gasteiger partial charge in [0.15, 0.2) is 0 Å². The van der Waals surface area contributed by atoms with Crippen LogP contribution >= 0.6 is 0 Å². The summed E-state index contributed by atoms with van der Waals surface area (Å²) in [5.41, 5.74) is 3.09. The van der Waals surface area contributed by atoms with Gasteiger partial charge in [0.2, 0.25) is 5.95 Å². The summed E-state index contributed by atoms with van der Waals surface area (Å²) in [6.45, 7) is 4.83. The minimum atomic E-state index is -0.414. The van der Waals surface area contributed by atoms with E-state index < -0.39 is 5.97 Å². The maximum atomic E-state index is 12.7. The number of nitrogens with zero attached hydrogens (tertiary/aromatic N) is 4. The standard InChI is InChI=1S/C27H31N7O4/c1-37-25(35)20-4-8-22(9-5-20)31-27(36)34-15-13-33(14-16-34)24-10-11-29-26(32-24)30-21-6-2-19(3-7-21)23-18-28-12-17-38-23/h2-11,23,28H,12-18H2,1H3,(H,31,36)(H,29,30,32). The van der Waals surface area contributed by atoms with E-state index in [2.05, 4.69) is 43.0 Å². The first-order chi connectivity index (χ1) is 18.6. The van der Waals surface area contributed by atoms with E-state index in [0.717, 1.165) is 36.8 Å². The second kappa shape index (κ2) is 11.9. The summed E-state index contributed by atoms with van der Waals surface area (Å²) in [6, 6.07) is 16.4. The van der Waals surface area contributed by atoms with Crippen molar-refractivity contribution in [2.45, 2.75) is 6.10 Å². The average molecular weight is 518 g/mol. The van der Waals surface area contributed by atoms with Crippen molar-refractivity contribution in [1.29, 1.82) is 0 Å². The Hall–Kier alpha value is -4.22. The number of amides is 2. The van der Waals surface area contributed by atoms with E-state index >= 15 is 0 Å². The number of nitrogens with one attached hydrogen (secondary N) is 3. The summed E-state index contributed by atoms with van der Waals surface area (Å²) < 4.78 is 10.5. The lowest BCUT2D eigenvalue weighted by Gasteiger charge is -2.35. The van der Waals surface area contributed by atoms with Crippen LogP contribution in [0.15, 0.2) is 60.8 Å². The number of esters is 1. The molecule has 0 radical (unpaired) electrons. The number of hydrogen-bond donors (Lipinski definition) is 3. The van der Waals surface area contributed by atoms with E-state index in [0.29, 0.717) is 43.4 Å². The van der Waals surface area contributed by atoms with Gasteiger partial charge in [-0.1, -0.05) is 12.1 Å². The minimum Gasteiger partial charge on any atom is -0.465 e. The van der Waals surface area contributed by atoms with Gasteiger partial charge in [0.05, 0.1) is 25.4 Å². The predicted molar refractivity (Wildman–Crippen MR) is 144 cm³/mol. The molecule has 3 heterocycles. The molecule has 2 aromatic carbocycles. The quantitative estimate of drug-likeness (QED) is 0.424. The zero-order valence-electron chi connectivity index (χ0n) is 21.2. The summed E-state index contributed by atoms with van der Waals surface area (Å²) in [5.74, 6) is 0.906. The Morgan fingerprint density at radius 2 is 1.74 bits per heavy atom. The molecule has 0 aliphatic carbocycles. The highest BCUT2D eigenvalue weighted by Crippen LogP contribution is 2.23. The predicted octanol–water partition coefficient (Wildman–Crippen LogP) is 3.02. The topological polar surface area (TPSA) is 121 Å². The fraction of sp³-hybridized carbons (Fsp3) is 0.333. The Bertz CT molecular complexity index is 1240. The highest BCUT2D eigenvalue weighted by Gasteiger charge is 2.22. The van der Waals surface area contributed by atoms with Crippen LogP contribution in [0.2, 0.25) is 0 Å². The normalized spacial score (nSPS) is 17.6. The molecule has 2 aliphatic heterocycles. The van der Waals surface area contributed by atoms with Crippen molar-refractivity contribution in [3.63, 3.8) is 0 Å². The van der Waals surface area contributed by atoms with Gasteiger partial charge in [0, 0.05) is 56.8 Å². The molecule has 2 saturated heterocycles. The summed E-state index contributed by atoms with van der Waals surface area (Å²) >= 11 is 0. The van der Waals surface area contributed by atoms with Crippen LogP contribution in [0.4, 0.5) is 27.9 Å². The third-order valence-corrected chi connectivity index (χ3v) is 6.56. The van der Waals surface area contributed by atoms with Gasteiger partial charge in [-0.15, -0.1) is 0 Å². The third kappa shape index (κ3) is 6.18. The van der Waals surface area contributed by atoms with E-state index in [4.69, 9.17) is 9.47 Å². The molecule has 5 rings (SSSR count). The second-order valence-corrected chi connectivity index (χ2v) is 9.02. The van der Waals surface area contributed by atoms with E-state index in [1.54, 1.807) is 35.4 Å². The number of morpholine rings is 1. The number of carbonyl (C=O) groups is 2. The van der Waals surface area contributed by atoms with Crippen molar-refractivity contribution in [3.05, 3.63) is 71.9 Å². The molecule has 2 fully saturated rings. The summed E-state index contributed by atoms with van der Waals surface area (Å²) in [7, 11) is 1.33. The lowest BCUT2D eigenvalue weighted by atomic mass is 10.1. The van der Waals surface area contributed by atoms with Gasteiger partial charge < -0.3 is 35.2 Å². The molecule has 11 heteroatoms. The minimum absolute atomic E-state index is 0.0743. The van der Waals surface area contributed by atoms with Crippen molar-refractivity contribution in [2.75, 3.05) is 68.5 Å². The fourth-order valence-corrected chi connectivity index (χ4v) is 4.42. The summed E-state index contributed by atoms with van der Waals surface area (Å²) in [4.78, 5) is 37.3. The van der Waals surface area contributed by atoms with Crippen LogP contribution in [-0.2, 0) is 9.47 Å². The molecule has 2 amide bonds. The smallest absolute Gasteiger partial charge is 0.337 e. The van der Waals surface area contributed by atoms with Crippen molar-refractivity contribution < 1.29 is 19.1 Å². The molecular formula is C27H31N7O4. The lowest BCUT2D eigenvalue weighted by Crippen LogP contribution is -2.50. The fourth-order valence-electron chi connectivity index (χ4n) is 4.42. The molecule has 1 aromatic heterocycles. The zero-order chi connectivity index (χ0) is 26.3. The van der Waals surface area contributed by atoms with Gasteiger partial charge in [0.25, 0.3) is 0 Å². The van der Waals surface area contributed by atoms with Gasteiger partial charge in [-0.05, 0) is 48.0 Å². The number of urea groups is 1. The van der Waals surface area contributed by atoms with Gasteiger partial charge in [-0.3, -0.25) is 0 Å². The van der Waals surface area contributed by atoms with Crippen LogP contribution in [0.25, 0.3) is 0 Å². The van der Waals surface area contributed by atoms with Crippen LogP contribution in [0.3, 0.4) is 0 Å². The lowest BCUT2D eigenvalue weighted by molar-refractivity contribution is 0.0277. The van der Waals surface area contributed by atoms with Gasteiger partial charge in [0.1, 0.15) is 5.82 Å². The monoisotopic (exact) mass is 517 g/mol. The van der Waals surface area contributed by atoms with Gasteiger partial charge >= 0.3 is 12.0 Å². The first-order valence-corrected chi connectivity index (χ1v) is 12.6. The Balaban J connectivity index is 1.13. The van der Waals surface area contributed by atoms with Crippen molar-refractivity contribution in [2.24, 2.45) is 0 Å². The van der Waals surface area contributed by atoms with E-state index in [1.807, 2.05) is 18.2 Å². The number of piperazine rings is 1. The first kappa shape index (κ1) is 25.4. The highest BCUT2D eigenvalue weighted by molar-refractivity contribution is 5.92. The molecule has 3 aromatic rings. The van der Waals surface area contributed by atoms with Crippen LogP contribution < -0.4 is 20.9 Å². The molecule has 3 N–H and O–H groups in total. The maximum absolute atomic E-state index is 12.7. The number of hydrogen-bond acceptors (Lipinski definition) is 9. The molecule has 0 spiro atoms. The number of benzene rings is 2. The number of ether oxygens (including phenoxy) is 2.